The average molecular weight is 365 g/mol. The summed E-state index contributed by atoms with van der Waals surface area (Å²) in [5.74, 6) is 0.731. The number of aryl methyl sites for hydroxylation is 2. The van der Waals surface area contributed by atoms with Gasteiger partial charge in [0.15, 0.2) is 0 Å². The Morgan fingerprint density at radius 1 is 1.16 bits per heavy atom. The maximum absolute atomic E-state index is 12.1. The summed E-state index contributed by atoms with van der Waals surface area (Å²) < 4.78 is 10.5. The van der Waals surface area contributed by atoms with Crippen molar-refractivity contribution in [2.45, 2.75) is 19.8 Å². The molecular weight excluding hydrogens is 340 g/mol. The van der Waals surface area contributed by atoms with Gasteiger partial charge in [0, 0.05) is 24.9 Å². The maximum Gasteiger partial charge on any atom is 0.224 e. The number of hydrogen-bond donors (Lipinski definition) is 2. The lowest BCUT2D eigenvalue weighted by atomic mass is 10.1. The molecule has 0 saturated heterocycles. The summed E-state index contributed by atoms with van der Waals surface area (Å²) in [7, 11) is 1.64. The Kier molecular flexibility index (Phi) is 8.81. The van der Waals surface area contributed by atoms with Gasteiger partial charge < -0.3 is 20.5 Å². The van der Waals surface area contributed by atoms with Crippen LogP contribution in [0.2, 0.25) is 0 Å². The Morgan fingerprint density at radius 3 is 2.60 bits per heavy atom. The molecule has 0 bridgehead atoms. The lowest BCUT2D eigenvalue weighted by Gasteiger charge is -2.11. The molecule has 136 valence electrons. The Balaban J connectivity index is 0.00000312. The number of amides is 1. The van der Waals surface area contributed by atoms with Crippen LogP contribution in [0.3, 0.4) is 0 Å². The molecule has 0 atom stereocenters. The Labute approximate surface area is 154 Å². The highest BCUT2D eigenvalue weighted by molar-refractivity contribution is 5.91. The van der Waals surface area contributed by atoms with Gasteiger partial charge in [-0.05, 0) is 48.7 Å². The predicted molar refractivity (Wildman–Crippen MR) is 104 cm³/mol. The van der Waals surface area contributed by atoms with E-state index in [1.54, 1.807) is 7.11 Å². The Hall–Kier alpha value is -2.24. The first-order valence-corrected chi connectivity index (χ1v) is 7.96. The number of carbonyl (C=O) groups is 1. The zero-order valence-electron chi connectivity index (χ0n) is 14.6. The number of benzene rings is 2. The number of ether oxygens (including phenoxy) is 2. The molecule has 2 aromatic carbocycles. The van der Waals surface area contributed by atoms with E-state index < -0.39 is 0 Å². The summed E-state index contributed by atoms with van der Waals surface area (Å²) >= 11 is 0. The van der Waals surface area contributed by atoms with E-state index in [1.165, 1.54) is 0 Å². The van der Waals surface area contributed by atoms with Crippen LogP contribution in [0.15, 0.2) is 42.5 Å². The van der Waals surface area contributed by atoms with E-state index in [0.717, 1.165) is 28.3 Å². The van der Waals surface area contributed by atoms with E-state index in [4.69, 9.17) is 15.2 Å². The molecule has 6 heteroatoms. The summed E-state index contributed by atoms with van der Waals surface area (Å²) in [5, 5.41) is 2.93. The molecule has 0 aliphatic carbocycles. The van der Waals surface area contributed by atoms with Gasteiger partial charge in [-0.1, -0.05) is 18.2 Å². The van der Waals surface area contributed by atoms with E-state index in [2.05, 4.69) is 5.32 Å². The van der Waals surface area contributed by atoms with Crippen LogP contribution in [-0.4, -0.2) is 26.2 Å². The zero-order valence-corrected chi connectivity index (χ0v) is 15.4. The van der Waals surface area contributed by atoms with Gasteiger partial charge in [0.1, 0.15) is 12.4 Å². The minimum atomic E-state index is -0.0330. The van der Waals surface area contributed by atoms with Crippen molar-refractivity contribution in [3.8, 4) is 5.75 Å². The van der Waals surface area contributed by atoms with Crippen molar-refractivity contribution in [3.63, 3.8) is 0 Å². The summed E-state index contributed by atoms with van der Waals surface area (Å²) in [5.41, 5.74) is 9.36. The number of anilines is 2. The number of rotatable bonds is 8. The van der Waals surface area contributed by atoms with Crippen LogP contribution in [0.1, 0.15) is 17.5 Å². The van der Waals surface area contributed by atoms with Crippen LogP contribution >= 0.6 is 12.4 Å². The fourth-order valence-electron chi connectivity index (χ4n) is 2.33. The number of carbonyl (C=O) groups excluding carboxylic acids is 1. The predicted octanol–water partition coefficient (Wildman–Crippen LogP) is 3.60. The second-order valence-corrected chi connectivity index (χ2v) is 5.56. The summed E-state index contributed by atoms with van der Waals surface area (Å²) in [6.45, 7) is 2.98. The molecule has 3 N–H and O–H groups in total. The monoisotopic (exact) mass is 364 g/mol. The molecule has 0 heterocycles. The highest BCUT2D eigenvalue weighted by Gasteiger charge is 2.07. The zero-order chi connectivity index (χ0) is 17.4. The lowest BCUT2D eigenvalue weighted by molar-refractivity contribution is -0.116. The van der Waals surface area contributed by atoms with Crippen LogP contribution < -0.4 is 15.8 Å². The van der Waals surface area contributed by atoms with E-state index in [-0.39, 0.29) is 18.3 Å². The van der Waals surface area contributed by atoms with Crippen molar-refractivity contribution in [1.29, 1.82) is 0 Å². The number of nitrogen functional groups attached to an aromatic ring is 1. The molecule has 0 aromatic heterocycles. The molecule has 0 unspecified atom stereocenters. The van der Waals surface area contributed by atoms with Crippen LogP contribution in [0.25, 0.3) is 0 Å². The topological polar surface area (TPSA) is 73.6 Å². The normalized spacial score (nSPS) is 10.0. The van der Waals surface area contributed by atoms with Gasteiger partial charge >= 0.3 is 0 Å². The fourth-order valence-corrected chi connectivity index (χ4v) is 2.33. The molecular formula is C19H25ClN2O3. The molecule has 2 aromatic rings. The largest absolute Gasteiger partial charge is 0.491 e. The van der Waals surface area contributed by atoms with Gasteiger partial charge in [-0.2, -0.15) is 0 Å². The van der Waals surface area contributed by atoms with Crippen molar-refractivity contribution in [2.75, 3.05) is 31.4 Å². The molecule has 0 radical (unpaired) electrons. The second-order valence-electron chi connectivity index (χ2n) is 5.56. The van der Waals surface area contributed by atoms with Gasteiger partial charge in [0.25, 0.3) is 0 Å². The van der Waals surface area contributed by atoms with Gasteiger partial charge in [-0.15, -0.1) is 12.4 Å². The molecule has 25 heavy (non-hydrogen) atoms. The van der Waals surface area contributed by atoms with Crippen LogP contribution in [0.5, 0.6) is 5.75 Å². The van der Waals surface area contributed by atoms with Gasteiger partial charge in [0.05, 0.1) is 6.61 Å². The molecule has 0 saturated carbocycles. The van der Waals surface area contributed by atoms with E-state index in [9.17, 15) is 4.79 Å². The van der Waals surface area contributed by atoms with Gasteiger partial charge in [0.2, 0.25) is 5.91 Å². The molecule has 0 aliphatic rings. The molecule has 5 nitrogen and oxygen atoms in total. The molecule has 2 rings (SSSR count). The number of hydrogen-bond acceptors (Lipinski definition) is 4. The first kappa shape index (κ1) is 20.8. The van der Waals surface area contributed by atoms with Crippen molar-refractivity contribution in [2.24, 2.45) is 0 Å². The Bertz CT molecular complexity index is 692. The first-order valence-electron chi connectivity index (χ1n) is 7.96. The number of nitrogens with two attached hydrogens (primary N) is 1. The standard InChI is InChI=1S/C19H24N2O3.ClH/c1-14-13-16(24-12-11-23-2)8-9-18(14)21-19(22)10-7-15-5-3-4-6-17(15)20;/h3-6,8-9,13H,7,10-12,20H2,1-2H3,(H,21,22);1H. The summed E-state index contributed by atoms with van der Waals surface area (Å²) in [6.07, 6.45) is 1.01. The van der Waals surface area contributed by atoms with Gasteiger partial charge in [-0.25, -0.2) is 0 Å². The van der Waals surface area contributed by atoms with Crippen LogP contribution in [0.4, 0.5) is 11.4 Å². The number of para-hydroxylation sites is 1. The van der Waals surface area contributed by atoms with E-state index in [1.807, 2.05) is 49.4 Å². The first-order chi connectivity index (χ1) is 11.6. The van der Waals surface area contributed by atoms with Crippen LogP contribution in [-0.2, 0) is 16.0 Å². The number of methoxy groups -OCH3 is 1. The highest BCUT2D eigenvalue weighted by Crippen LogP contribution is 2.22. The third-order valence-corrected chi connectivity index (χ3v) is 3.70. The lowest BCUT2D eigenvalue weighted by Crippen LogP contribution is -2.13. The molecule has 1 amide bonds. The molecule has 0 fully saturated rings. The quantitative estimate of drug-likeness (QED) is 0.554. The minimum absolute atomic E-state index is 0. The van der Waals surface area contributed by atoms with Crippen LogP contribution in [0, 0.1) is 6.92 Å². The summed E-state index contributed by atoms with van der Waals surface area (Å²) in [6, 6.07) is 13.2. The number of halogens is 1. The average Bonchev–Trinajstić information content (AvgIpc) is 2.57. The third-order valence-electron chi connectivity index (χ3n) is 3.70. The molecule has 0 aliphatic heterocycles. The SMILES string of the molecule is COCCOc1ccc(NC(=O)CCc2ccccc2N)c(C)c1.Cl. The van der Waals surface area contributed by atoms with E-state index in [0.29, 0.717) is 26.1 Å². The third kappa shape index (κ3) is 6.64. The van der Waals surface area contributed by atoms with Gasteiger partial charge in [-0.3, -0.25) is 4.79 Å². The Morgan fingerprint density at radius 2 is 1.92 bits per heavy atom. The van der Waals surface area contributed by atoms with Crippen molar-refractivity contribution in [1.82, 2.24) is 0 Å². The van der Waals surface area contributed by atoms with Crippen molar-refractivity contribution < 1.29 is 14.3 Å². The smallest absolute Gasteiger partial charge is 0.224 e. The maximum atomic E-state index is 12.1. The van der Waals surface area contributed by atoms with Crippen molar-refractivity contribution in [3.05, 3.63) is 53.6 Å². The summed E-state index contributed by atoms with van der Waals surface area (Å²) in [4.78, 5) is 12.1. The molecule has 0 spiro atoms. The highest BCUT2D eigenvalue weighted by atomic mass is 35.5. The second kappa shape index (κ2) is 10.6. The van der Waals surface area contributed by atoms with E-state index >= 15 is 0 Å². The number of nitrogens with one attached hydrogen (secondary N) is 1. The fraction of sp³-hybridized carbons (Fsp3) is 0.316. The van der Waals surface area contributed by atoms with Crippen molar-refractivity contribution >= 4 is 29.7 Å². The minimum Gasteiger partial charge on any atom is -0.491 e.